The minimum Gasteiger partial charge on any atom is -0.343 e. The second-order valence-electron chi connectivity index (χ2n) is 9.06. The number of benzene rings is 2. The molecule has 1 aromatic heterocycles. The Balaban J connectivity index is 1.38. The Bertz CT molecular complexity index is 1160. The van der Waals surface area contributed by atoms with Crippen molar-refractivity contribution in [1.29, 1.82) is 0 Å². The molecule has 0 bridgehead atoms. The molecule has 2 N–H and O–H groups in total. The third-order valence-electron chi connectivity index (χ3n) is 6.57. The van der Waals surface area contributed by atoms with Gasteiger partial charge in [-0.05, 0) is 47.6 Å². The van der Waals surface area contributed by atoms with Crippen LogP contribution in [-0.2, 0) is 16.0 Å². The number of aromatic nitrogens is 2. The number of hydrogen-bond donors (Lipinski definition) is 2. The van der Waals surface area contributed by atoms with E-state index in [1.165, 1.54) is 17.2 Å². The van der Waals surface area contributed by atoms with Crippen LogP contribution in [-0.4, -0.2) is 45.7 Å². The summed E-state index contributed by atoms with van der Waals surface area (Å²) in [5.41, 5.74) is 2.68. The summed E-state index contributed by atoms with van der Waals surface area (Å²) >= 11 is 0. The Morgan fingerprint density at radius 3 is 2.59 bits per heavy atom. The minimum absolute atomic E-state index is 0.00640. The number of H-pyrrole nitrogens is 1. The highest BCUT2D eigenvalue weighted by atomic mass is 19.1. The van der Waals surface area contributed by atoms with Gasteiger partial charge < -0.3 is 10.2 Å². The standard InChI is InChI=1S/C26H26F2N4O2/c27-19-13-23(32(15-19)24(33)14-20-10-11-29-31-20)26(34)30-25(17-4-2-1-3-5-17)18-8-9-21(16-6-7-16)22(28)12-18/h1-5,8-12,16,19,23,25H,6-7,13-15H2,(H,29,31)(H,30,34). The molecular formula is C26H26F2N4O2. The lowest BCUT2D eigenvalue weighted by molar-refractivity contribution is -0.138. The fourth-order valence-electron chi connectivity index (χ4n) is 4.65. The molecule has 2 aromatic carbocycles. The zero-order valence-corrected chi connectivity index (χ0v) is 18.6. The molecular weight excluding hydrogens is 438 g/mol. The predicted molar refractivity (Wildman–Crippen MR) is 122 cm³/mol. The van der Waals surface area contributed by atoms with Crippen molar-refractivity contribution in [3.63, 3.8) is 0 Å². The highest BCUT2D eigenvalue weighted by Gasteiger charge is 2.40. The van der Waals surface area contributed by atoms with Crippen molar-refractivity contribution in [2.24, 2.45) is 0 Å². The summed E-state index contributed by atoms with van der Waals surface area (Å²) in [6, 6.07) is 14.5. The van der Waals surface area contributed by atoms with Crippen molar-refractivity contribution in [3.8, 4) is 0 Å². The molecule has 5 rings (SSSR count). The quantitative estimate of drug-likeness (QED) is 0.558. The van der Waals surface area contributed by atoms with Gasteiger partial charge in [0.1, 0.15) is 18.0 Å². The molecule has 3 unspecified atom stereocenters. The zero-order chi connectivity index (χ0) is 23.7. The fraction of sp³-hybridized carbons (Fsp3) is 0.346. The average Bonchev–Trinajstić information content (AvgIpc) is 3.40. The Hall–Kier alpha value is -3.55. The van der Waals surface area contributed by atoms with E-state index >= 15 is 0 Å². The molecule has 0 spiro atoms. The summed E-state index contributed by atoms with van der Waals surface area (Å²) < 4.78 is 29.2. The summed E-state index contributed by atoms with van der Waals surface area (Å²) in [7, 11) is 0. The van der Waals surface area contributed by atoms with Crippen LogP contribution in [0.1, 0.15) is 53.6 Å². The van der Waals surface area contributed by atoms with Crippen LogP contribution >= 0.6 is 0 Å². The minimum atomic E-state index is -1.29. The Labute approximate surface area is 196 Å². The van der Waals surface area contributed by atoms with Crippen molar-refractivity contribution < 1.29 is 18.4 Å². The van der Waals surface area contributed by atoms with Crippen molar-refractivity contribution in [3.05, 3.63) is 89.0 Å². The van der Waals surface area contributed by atoms with Crippen LogP contribution in [0.5, 0.6) is 0 Å². The van der Waals surface area contributed by atoms with E-state index in [0.29, 0.717) is 16.8 Å². The number of likely N-dealkylation sites (tertiary alicyclic amines) is 1. The summed E-state index contributed by atoms with van der Waals surface area (Å²) in [5, 5.41) is 9.50. The van der Waals surface area contributed by atoms with Crippen LogP contribution in [0.4, 0.5) is 8.78 Å². The van der Waals surface area contributed by atoms with Gasteiger partial charge in [0.2, 0.25) is 11.8 Å². The number of alkyl halides is 1. The number of rotatable bonds is 7. The molecule has 3 aromatic rings. The first-order valence-corrected chi connectivity index (χ1v) is 11.6. The molecule has 3 atom stereocenters. The van der Waals surface area contributed by atoms with Gasteiger partial charge in [-0.2, -0.15) is 5.10 Å². The first kappa shape index (κ1) is 22.3. The van der Waals surface area contributed by atoms with E-state index in [-0.39, 0.29) is 37.0 Å². The van der Waals surface area contributed by atoms with E-state index < -0.39 is 24.2 Å². The molecule has 0 radical (unpaired) electrons. The van der Waals surface area contributed by atoms with E-state index in [1.54, 1.807) is 12.1 Å². The van der Waals surface area contributed by atoms with E-state index in [4.69, 9.17) is 0 Å². The largest absolute Gasteiger partial charge is 0.343 e. The number of nitrogens with zero attached hydrogens (tertiary/aromatic N) is 2. The average molecular weight is 465 g/mol. The molecule has 34 heavy (non-hydrogen) atoms. The number of carbonyl (C=O) groups is 2. The lowest BCUT2D eigenvalue weighted by atomic mass is 9.96. The molecule has 1 saturated carbocycles. The number of amides is 2. The Kier molecular flexibility index (Phi) is 6.13. The van der Waals surface area contributed by atoms with Gasteiger partial charge in [0.05, 0.1) is 19.0 Å². The lowest BCUT2D eigenvalue weighted by Crippen LogP contribution is -2.47. The molecule has 8 heteroatoms. The van der Waals surface area contributed by atoms with Crippen molar-refractivity contribution in [2.75, 3.05) is 6.54 Å². The number of hydrogen-bond acceptors (Lipinski definition) is 3. The molecule has 6 nitrogen and oxygen atoms in total. The molecule has 1 aliphatic carbocycles. The van der Waals surface area contributed by atoms with Gasteiger partial charge in [0.15, 0.2) is 0 Å². The van der Waals surface area contributed by atoms with Crippen LogP contribution in [0.15, 0.2) is 60.8 Å². The van der Waals surface area contributed by atoms with E-state index in [9.17, 15) is 18.4 Å². The van der Waals surface area contributed by atoms with E-state index in [1.807, 2.05) is 36.4 Å². The number of carbonyl (C=O) groups excluding carboxylic acids is 2. The highest BCUT2D eigenvalue weighted by Crippen LogP contribution is 2.42. The molecule has 2 heterocycles. The first-order valence-electron chi connectivity index (χ1n) is 11.6. The van der Waals surface area contributed by atoms with Crippen molar-refractivity contribution in [1.82, 2.24) is 20.4 Å². The highest BCUT2D eigenvalue weighted by molar-refractivity contribution is 5.89. The van der Waals surface area contributed by atoms with E-state index in [2.05, 4.69) is 15.5 Å². The second kappa shape index (κ2) is 9.37. The Morgan fingerprint density at radius 1 is 1.12 bits per heavy atom. The maximum Gasteiger partial charge on any atom is 0.243 e. The maximum atomic E-state index is 14.8. The molecule has 176 valence electrons. The summed E-state index contributed by atoms with van der Waals surface area (Å²) in [6.07, 6.45) is 2.16. The predicted octanol–water partition coefficient (Wildman–Crippen LogP) is 3.81. The molecule has 1 saturated heterocycles. The number of aromatic amines is 1. The summed E-state index contributed by atoms with van der Waals surface area (Å²) in [6.45, 7) is -0.133. The number of halogens is 2. The van der Waals surface area contributed by atoms with Crippen molar-refractivity contribution in [2.45, 2.75) is 49.9 Å². The van der Waals surface area contributed by atoms with Gasteiger partial charge >= 0.3 is 0 Å². The maximum absolute atomic E-state index is 14.8. The van der Waals surface area contributed by atoms with Crippen molar-refractivity contribution >= 4 is 11.8 Å². The third kappa shape index (κ3) is 4.71. The van der Waals surface area contributed by atoms with Gasteiger partial charge in [-0.1, -0.05) is 42.5 Å². The van der Waals surface area contributed by atoms with Crippen LogP contribution in [0.3, 0.4) is 0 Å². The first-order chi connectivity index (χ1) is 16.5. The van der Waals surface area contributed by atoms with Gasteiger partial charge in [-0.15, -0.1) is 0 Å². The summed E-state index contributed by atoms with van der Waals surface area (Å²) in [4.78, 5) is 27.5. The lowest BCUT2D eigenvalue weighted by Gasteiger charge is -2.27. The second-order valence-corrected chi connectivity index (χ2v) is 9.06. The van der Waals surface area contributed by atoms with Gasteiger partial charge in [-0.25, -0.2) is 8.78 Å². The van der Waals surface area contributed by atoms with E-state index in [0.717, 1.165) is 18.4 Å². The van der Waals surface area contributed by atoms with Gasteiger partial charge in [0, 0.05) is 18.3 Å². The SMILES string of the molecule is O=C(NC(c1ccccc1)c1ccc(C2CC2)c(F)c1)C1CC(F)CN1C(=O)Cc1ccn[nH]1. The van der Waals surface area contributed by atoms with Crippen LogP contribution < -0.4 is 5.32 Å². The van der Waals surface area contributed by atoms with Crippen LogP contribution in [0.2, 0.25) is 0 Å². The molecule has 2 fully saturated rings. The van der Waals surface area contributed by atoms with Gasteiger partial charge in [0.25, 0.3) is 0 Å². The summed E-state index contributed by atoms with van der Waals surface area (Å²) in [5.74, 6) is -0.816. The fourth-order valence-corrected chi connectivity index (χ4v) is 4.65. The molecule has 2 amide bonds. The Morgan fingerprint density at radius 2 is 1.91 bits per heavy atom. The van der Waals surface area contributed by atoms with Gasteiger partial charge in [-0.3, -0.25) is 14.7 Å². The monoisotopic (exact) mass is 464 g/mol. The van der Waals surface area contributed by atoms with Crippen LogP contribution in [0, 0.1) is 5.82 Å². The topological polar surface area (TPSA) is 78.1 Å². The number of nitrogens with one attached hydrogen (secondary N) is 2. The third-order valence-corrected chi connectivity index (χ3v) is 6.57. The normalized spacial score (nSPS) is 20.8. The van der Waals surface area contributed by atoms with Crippen LogP contribution in [0.25, 0.3) is 0 Å². The zero-order valence-electron chi connectivity index (χ0n) is 18.6. The molecule has 1 aliphatic heterocycles. The smallest absolute Gasteiger partial charge is 0.243 e. The molecule has 2 aliphatic rings.